The van der Waals surface area contributed by atoms with E-state index in [2.05, 4.69) is 16.8 Å². The van der Waals surface area contributed by atoms with Crippen molar-refractivity contribution in [3.8, 4) is 0 Å². The highest BCUT2D eigenvalue weighted by molar-refractivity contribution is 6.29. The molecule has 2 rings (SSSR count). The van der Waals surface area contributed by atoms with Crippen molar-refractivity contribution < 1.29 is 9.18 Å². The van der Waals surface area contributed by atoms with E-state index in [1.807, 2.05) is 0 Å². The number of hydrogen-bond acceptors (Lipinski definition) is 2. The van der Waals surface area contributed by atoms with Gasteiger partial charge in [-0.2, -0.15) is 0 Å². The Morgan fingerprint density at radius 1 is 1.36 bits per heavy atom. The minimum atomic E-state index is -0.216. The minimum absolute atomic E-state index is 0.0421. The second kappa shape index (κ2) is 8.30. The molecule has 0 aromatic heterocycles. The molecule has 1 aromatic rings. The minimum Gasteiger partial charge on any atom is -0.356 e. The third kappa shape index (κ3) is 5.11. The van der Waals surface area contributed by atoms with Gasteiger partial charge in [0.15, 0.2) is 0 Å². The highest BCUT2D eigenvalue weighted by Gasteiger charge is 2.24. The molecule has 1 amide bonds. The van der Waals surface area contributed by atoms with Crippen LogP contribution < -0.4 is 5.32 Å². The van der Waals surface area contributed by atoms with Crippen molar-refractivity contribution in [1.82, 2.24) is 10.2 Å². The number of carbonyl (C=O) groups excluding carboxylic acids is 1. The van der Waals surface area contributed by atoms with E-state index < -0.39 is 0 Å². The third-order valence-electron chi connectivity index (χ3n) is 4.00. The largest absolute Gasteiger partial charge is 0.356 e. The quantitative estimate of drug-likeness (QED) is 0.872. The molecule has 1 heterocycles. The maximum atomic E-state index is 13.5. The molecule has 1 aliphatic rings. The second-order valence-electron chi connectivity index (χ2n) is 5.70. The Morgan fingerprint density at radius 3 is 2.68 bits per heavy atom. The molecule has 0 saturated carbocycles. The summed E-state index contributed by atoms with van der Waals surface area (Å²) in [5.74, 6) is -0.104. The number of likely N-dealkylation sites (tertiary alicyclic amines) is 1. The molecule has 120 valence electrons. The lowest BCUT2D eigenvalue weighted by Gasteiger charge is -2.30. The number of nitrogens with one attached hydrogen (secondary N) is 1. The van der Waals surface area contributed by atoms with Crippen LogP contribution in [0.15, 0.2) is 35.9 Å². The Balaban J connectivity index is 1.70. The molecule has 5 heteroatoms. The van der Waals surface area contributed by atoms with Gasteiger partial charge in [0.25, 0.3) is 0 Å². The monoisotopic (exact) mass is 324 g/mol. The fourth-order valence-corrected chi connectivity index (χ4v) is 2.93. The third-order valence-corrected chi connectivity index (χ3v) is 4.12. The molecule has 1 aromatic carbocycles. The number of nitrogens with zero attached hydrogens (tertiary/aromatic N) is 1. The van der Waals surface area contributed by atoms with E-state index >= 15 is 0 Å². The van der Waals surface area contributed by atoms with Gasteiger partial charge in [0.2, 0.25) is 5.91 Å². The Morgan fingerprint density at radius 2 is 2.05 bits per heavy atom. The van der Waals surface area contributed by atoms with Crippen LogP contribution in [0.2, 0.25) is 0 Å². The highest BCUT2D eigenvalue weighted by Crippen LogP contribution is 2.18. The van der Waals surface area contributed by atoms with Gasteiger partial charge in [-0.25, -0.2) is 4.39 Å². The zero-order valence-corrected chi connectivity index (χ0v) is 13.4. The van der Waals surface area contributed by atoms with Crippen molar-refractivity contribution in [2.24, 2.45) is 5.92 Å². The maximum absolute atomic E-state index is 13.5. The van der Waals surface area contributed by atoms with Crippen LogP contribution in [0.1, 0.15) is 18.4 Å². The predicted molar refractivity (Wildman–Crippen MR) is 87.3 cm³/mol. The Bertz CT molecular complexity index is 527. The normalized spacial score (nSPS) is 16.5. The van der Waals surface area contributed by atoms with Crippen LogP contribution in [0.25, 0.3) is 0 Å². The topological polar surface area (TPSA) is 32.3 Å². The van der Waals surface area contributed by atoms with Gasteiger partial charge >= 0.3 is 0 Å². The van der Waals surface area contributed by atoms with Gasteiger partial charge in [-0.15, -0.1) is 0 Å². The summed E-state index contributed by atoms with van der Waals surface area (Å²) in [6.07, 6.45) is 2.18. The molecule has 1 saturated heterocycles. The van der Waals surface area contributed by atoms with E-state index in [1.54, 1.807) is 18.2 Å². The van der Waals surface area contributed by atoms with Crippen LogP contribution in [-0.4, -0.2) is 37.0 Å². The summed E-state index contributed by atoms with van der Waals surface area (Å²) in [4.78, 5) is 14.3. The first-order chi connectivity index (χ1) is 10.6. The van der Waals surface area contributed by atoms with Crippen molar-refractivity contribution in [2.45, 2.75) is 19.3 Å². The first kappa shape index (κ1) is 17.0. The SMILES string of the molecule is C=C(Cl)CN1CCC(C(=O)NCCc2ccccc2F)CC1. The summed E-state index contributed by atoms with van der Waals surface area (Å²) in [5, 5.41) is 3.55. The Labute approximate surface area is 136 Å². The Hall–Kier alpha value is -1.39. The lowest BCUT2D eigenvalue weighted by Crippen LogP contribution is -2.41. The summed E-state index contributed by atoms with van der Waals surface area (Å²) in [5.41, 5.74) is 0.637. The molecular formula is C17H22ClFN2O. The number of hydrogen-bond donors (Lipinski definition) is 1. The van der Waals surface area contributed by atoms with Crippen LogP contribution in [-0.2, 0) is 11.2 Å². The first-order valence-electron chi connectivity index (χ1n) is 7.63. The van der Waals surface area contributed by atoms with Crippen LogP contribution in [0.4, 0.5) is 4.39 Å². The van der Waals surface area contributed by atoms with E-state index in [1.165, 1.54) is 6.07 Å². The molecule has 1 N–H and O–H groups in total. The van der Waals surface area contributed by atoms with E-state index in [0.29, 0.717) is 30.1 Å². The summed E-state index contributed by atoms with van der Waals surface area (Å²) in [7, 11) is 0. The van der Waals surface area contributed by atoms with Crippen molar-refractivity contribution in [1.29, 1.82) is 0 Å². The van der Waals surface area contributed by atoms with E-state index in [4.69, 9.17) is 11.6 Å². The van der Waals surface area contributed by atoms with Crippen LogP contribution >= 0.6 is 11.6 Å². The summed E-state index contributed by atoms with van der Waals surface area (Å²) < 4.78 is 13.5. The van der Waals surface area contributed by atoms with Gasteiger partial charge in [-0.3, -0.25) is 9.69 Å². The zero-order chi connectivity index (χ0) is 15.9. The van der Waals surface area contributed by atoms with E-state index in [9.17, 15) is 9.18 Å². The predicted octanol–water partition coefficient (Wildman–Crippen LogP) is 2.95. The molecule has 0 spiro atoms. The molecule has 0 aliphatic carbocycles. The maximum Gasteiger partial charge on any atom is 0.223 e. The smallest absolute Gasteiger partial charge is 0.223 e. The van der Waals surface area contributed by atoms with Crippen molar-refractivity contribution in [3.05, 3.63) is 47.3 Å². The average Bonchev–Trinajstić information content (AvgIpc) is 2.49. The number of rotatable bonds is 6. The fraction of sp³-hybridized carbons (Fsp3) is 0.471. The first-order valence-corrected chi connectivity index (χ1v) is 8.01. The highest BCUT2D eigenvalue weighted by atomic mass is 35.5. The molecule has 22 heavy (non-hydrogen) atoms. The zero-order valence-electron chi connectivity index (χ0n) is 12.7. The number of piperidine rings is 1. The number of halogens is 2. The summed E-state index contributed by atoms with van der Waals surface area (Å²) in [6.45, 7) is 6.56. The molecule has 0 unspecified atom stereocenters. The Kier molecular flexibility index (Phi) is 6.40. The van der Waals surface area contributed by atoms with Crippen molar-refractivity contribution in [3.63, 3.8) is 0 Å². The van der Waals surface area contributed by atoms with E-state index in [0.717, 1.165) is 25.9 Å². The molecule has 1 aliphatic heterocycles. The molecular weight excluding hydrogens is 303 g/mol. The number of carbonyl (C=O) groups is 1. The second-order valence-corrected chi connectivity index (χ2v) is 6.23. The van der Waals surface area contributed by atoms with Crippen molar-refractivity contribution >= 4 is 17.5 Å². The standard InChI is InChI=1S/C17H22ClFN2O/c1-13(18)12-21-10-7-15(8-11-21)17(22)20-9-6-14-4-2-3-5-16(14)19/h2-5,15H,1,6-12H2,(H,20,22). The van der Waals surface area contributed by atoms with Gasteiger partial charge < -0.3 is 5.32 Å². The number of benzene rings is 1. The van der Waals surface area contributed by atoms with E-state index in [-0.39, 0.29) is 17.6 Å². The molecule has 0 atom stereocenters. The summed E-state index contributed by atoms with van der Waals surface area (Å²) in [6, 6.07) is 6.66. The van der Waals surface area contributed by atoms with Gasteiger partial charge in [0.1, 0.15) is 5.82 Å². The lowest BCUT2D eigenvalue weighted by atomic mass is 9.96. The lowest BCUT2D eigenvalue weighted by molar-refractivity contribution is -0.126. The molecule has 0 radical (unpaired) electrons. The molecule has 1 fully saturated rings. The van der Waals surface area contributed by atoms with Gasteiger partial charge in [-0.1, -0.05) is 36.4 Å². The van der Waals surface area contributed by atoms with Crippen LogP contribution in [0.3, 0.4) is 0 Å². The number of amides is 1. The average molecular weight is 325 g/mol. The van der Waals surface area contributed by atoms with Crippen LogP contribution in [0.5, 0.6) is 0 Å². The van der Waals surface area contributed by atoms with Crippen LogP contribution in [0, 0.1) is 11.7 Å². The van der Waals surface area contributed by atoms with Gasteiger partial charge in [0.05, 0.1) is 0 Å². The van der Waals surface area contributed by atoms with Crippen molar-refractivity contribution in [2.75, 3.05) is 26.2 Å². The van der Waals surface area contributed by atoms with Gasteiger partial charge in [0, 0.05) is 24.0 Å². The molecule has 0 bridgehead atoms. The van der Waals surface area contributed by atoms with Gasteiger partial charge in [-0.05, 0) is 44.0 Å². The molecule has 3 nitrogen and oxygen atoms in total. The fourth-order valence-electron chi connectivity index (χ4n) is 2.76. The summed E-state index contributed by atoms with van der Waals surface area (Å²) >= 11 is 5.80.